The second kappa shape index (κ2) is 11.2. The standard InChI is InChI=1S/C32H24N2O6S/c1-3-16-38-23-13-9-8-12-21(23)18-26-30(35)34-29(22-14-15-24-25(17-22)40-19-39-24)27(31(36)37-4-2)28(33-32(34)41-26)20-10-6-5-7-11-20/h1,5-15,17-18,29H,4,16,19H2,2H3/b26-18-/t29-/m1/s1. The van der Waals surface area contributed by atoms with Crippen LogP contribution in [0, 0.1) is 12.3 Å². The molecule has 1 aromatic heterocycles. The lowest BCUT2D eigenvalue weighted by molar-refractivity contribution is -0.138. The molecule has 0 radical (unpaired) electrons. The van der Waals surface area contributed by atoms with E-state index in [1.165, 1.54) is 15.9 Å². The number of carbonyl (C=O) groups is 1. The van der Waals surface area contributed by atoms with Gasteiger partial charge in [0.1, 0.15) is 12.4 Å². The molecule has 0 amide bonds. The highest BCUT2D eigenvalue weighted by molar-refractivity contribution is 7.07. The second-order valence-corrected chi connectivity index (χ2v) is 10.1. The predicted octanol–water partition coefficient (Wildman–Crippen LogP) is 3.68. The largest absolute Gasteiger partial charge is 0.480 e. The molecule has 0 saturated carbocycles. The summed E-state index contributed by atoms with van der Waals surface area (Å²) in [5.41, 5.74) is 2.47. The first-order valence-electron chi connectivity index (χ1n) is 12.9. The van der Waals surface area contributed by atoms with Crippen molar-refractivity contribution in [1.82, 2.24) is 4.57 Å². The van der Waals surface area contributed by atoms with Gasteiger partial charge in [-0.3, -0.25) is 9.36 Å². The smallest absolute Gasteiger partial charge is 0.338 e. The molecule has 9 heteroatoms. The maximum Gasteiger partial charge on any atom is 0.338 e. The number of ether oxygens (including phenoxy) is 4. The molecule has 2 aliphatic heterocycles. The van der Waals surface area contributed by atoms with Crippen LogP contribution in [0.5, 0.6) is 17.2 Å². The Labute approximate surface area is 239 Å². The normalized spacial score (nSPS) is 15.6. The molecule has 2 aliphatic rings. The average Bonchev–Trinajstić information content (AvgIpc) is 3.60. The van der Waals surface area contributed by atoms with Crippen LogP contribution in [0.15, 0.2) is 88.2 Å². The Morgan fingerprint density at radius 1 is 1.12 bits per heavy atom. The monoisotopic (exact) mass is 564 g/mol. The van der Waals surface area contributed by atoms with Crippen molar-refractivity contribution >= 4 is 29.1 Å². The van der Waals surface area contributed by atoms with Crippen molar-refractivity contribution in [3.63, 3.8) is 0 Å². The van der Waals surface area contributed by atoms with Crippen LogP contribution >= 0.6 is 11.3 Å². The van der Waals surface area contributed by atoms with Crippen LogP contribution in [-0.2, 0) is 9.53 Å². The van der Waals surface area contributed by atoms with Crippen LogP contribution in [0.25, 0.3) is 11.8 Å². The van der Waals surface area contributed by atoms with E-state index in [9.17, 15) is 9.59 Å². The first kappa shape index (κ1) is 26.2. The molecule has 0 saturated heterocycles. The molecule has 0 spiro atoms. The van der Waals surface area contributed by atoms with Crippen molar-refractivity contribution in [2.24, 2.45) is 4.99 Å². The SMILES string of the molecule is C#CCOc1ccccc1/C=c1\sc2n(c1=O)[C@H](c1ccc3c(c1)OCO3)C(C(=O)OCC)=C(c1ccccc1)N=2. The minimum Gasteiger partial charge on any atom is -0.480 e. The lowest BCUT2D eigenvalue weighted by Gasteiger charge is -2.26. The third-order valence-electron chi connectivity index (χ3n) is 6.60. The lowest BCUT2D eigenvalue weighted by atomic mass is 9.93. The molecule has 6 rings (SSSR count). The molecular weight excluding hydrogens is 540 g/mol. The number of benzene rings is 3. The second-order valence-electron chi connectivity index (χ2n) is 9.07. The van der Waals surface area contributed by atoms with E-state index in [-0.39, 0.29) is 31.1 Å². The summed E-state index contributed by atoms with van der Waals surface area (Å²) < 4.78 is 24.3. The zero-order chi connectivity index (χ0) is 28.3. The number of hydrogen-bond donors (Lipinski definition) is 0. The molecular formula is C32H24N2O6S. The molecule has 0 fully saturated rings. The van der Waals surface area contributed by atoms with Gasteiger partial charge in [0, 0.05) is 11.1 Å². The molecule has 1 atom stereocenters. The number of hydrogen-bond acceptors (Lipinski definition) is 8. The third-order valence-corrected chi connectivity index (χ3v) is 7.59. The zero-order valence-corrected chi connectivity index (χ0v) is 22.9. The maximum absolute atomic E-state index is 14.1. The Kier molecular flexibility index (Phi) is 7.15. The van der Waals surface area contributed by atoms with E-state index < -0.39 is 12.0 Å². The van der Waals surface area contributed by atoms with Gasteiger partial charge in [-0.1, -0.05) is 71.9 Å². The highest BCUT2D eigenvalue weighted by atomic mass is 32.1. The summed E-state index contributed by atoms with van der Waals surface area (Å²) in [6.45, 7) is 2.10. The van der Waals surface area contributed by atoms with E-state index >= 15 is 0 Å². The van der Waals surface area contributed by atoms with Crippen molar-refractivity contribution in [3.8, 4) is 29.6 Å². The quantitative estimate of drug-likeness (QED) is 0.252. The van der Waals surface area contributed by atoms with Gasteiger partial charge >= 0.3 is 5.97 Å². The summed E-state index contributed by atoms with van der Waals surface area (Å²) in [4.78, 5) is 33.0. The third kappa shape index (κ3) is 4.90. The fourth-order valence-electron chi connectivity index (χ4n) is 4.83. The molecule has 4 aromatic rings. The van der Waals surface area contributed by atoms with Crippen molar-refractivity contribution < 1.29 is 23.7 Å². The molecule has 8 nitrogen and oxygen atoms in total. The zero-order valence-electron chi connectivity index (χ0n) is 22.0. The van der Waals surface area contributed by atoms with Crippen LogP contribution in [0.4, 0.5) is 0 Å². The topological polar surface area (TPSA) is 88.3 Å². The number of aromatic nitrogens is 1. The van der Waals surface area contributed by atoms with Gasteiger partial charge in [0.25, 0.3) is 5.56 Å². The van der Waals surface area contributed by atoms with Crippen LogP contribution < -0.4 is 29.1 Å². The number of carbonyl (C=O) groups excluding carboxylic acids is 1. The number of thiazole rings is 1. The maximum atomic E-state index is 14.1. The van der Waals surface area contributed by atoms with Crippen molar-refractivity contribution in [2.75, 3.05) is 20.0 Å². The number of rotatable bonds is 7. The lowest BCUT2D eigenvalue weighted by Crippen LogP contribution is -2.40. The number of para-hydroxylation sites is 1. The summed E-state index contributed by atoms with van der Waals surface area (Å²) in [7, 11) is 0. The van der Waals surface area contributed by atoms with Gasteiger partial charge in [-0.25, -0.2) is 9.79 Å². The van der Waals surface area contributed by atoms with E-state index in [1.807, 2.05) is 54.6 Å². The van der Waals surface area contributed by atoms with E-state index in [0.717, 1.165) is 5.56 Å². The van der Waals surface area contributed by atoms with E-state index in [0.29, 0.717) is 43.4 Å². The molecule has 204 valence electrons. The number of nitrogens with zero attached hydrogens (tertiary/aromatic N) is 2. The fourth-order valence-corrected chi connectivity index (χ4v) is 5.82. The Morgan fingerprint density at radius 3 is 2.71 bits per heavy atom. The van der Waals surface area contributed by atoms with Crippen LogP contribution in [0.1, 0.15) is 29.7 Å². The molecule has 0 N–H and O–H groups in total. The Bertz CT molecular complexity index is 1900. The first-order valence-corrected chi connectivity index (χ1v) is 13.7. The Morgan fingerprint density at radius 2 is 1.90 bits per heavy atom. The average molecular weight is 565 g/mol. The summed E-state index contributed by atoms with van der Waals surface area (Å²) in [6.07, 6.45) is 7.14. The summed E-state index contributed by atoms with van der Waals surface area (Å²) in [5.74, 6) is 3.59. The van der Waals surface area contributed by atoms with Crippen LogP contribution in [-0.4, -0.2) is 30.5 Å². The van der Waals surface area contributed by atoms with Crippen molar-refractivity contribution in [3.05, 3.63) is 115 Å². The van der Waals surface area contributed by atoms with Gasteiger partial charge in [-0.05, 0) is 36.8 Å². The molecule has 0 aliphatic carbocycles. The van der Waals surface area contributed by atoms with Gasteiger partial charge in [0.05, 0.1) is 28.5 Å². The Balaban J connectivity index is 1.62. The highest BCUT2D eigenvalue weighted by Crippen LogP contribution is 2.40. The van der Waals surface area contributed by atoms with Crippen LogP contribution in [0.3, 0.4) is 0 Å². The van der Waals surface area contributed by atoms with Gasteiger partial charge in [0.2, 0.25) is 6.79 Å². The Hall–Kier alpha value is -5.07. The predicted molar refractivity (Wildman–Crippen MR) is 154 cm³/mol. The van der Waals surface area contributed by atoms with Gasteiger partial charge in [0.15, 0.2) is 16.3 Å². The molecule has 3 aromatic carbocycles. The van der Waals surface area contributed by atoms with Crippen LogP contribution in [0.2, 0.25) is 0 Å². The van der Waals surface area contributed by atoms with Gasteiger partial charge in [-0.15, -0.1) is 6.42 Å². The molecule has 0 unspecified atom stereocenters. The van der Waals surface area contributed by atoms with Crippen molar-refractivity contribution in [1.29, 1.82) is 0 Å². The summed E-state index contributed by atoms with van der Waals surface area (Å²) >= 11 is 1.23. The highest BCUT2D eigenvalue weighted by Gasteiger charge is 2.36. The van der Waals surface area contributed by atoms with E-state index in [1.54, 1.807) is 31.2 Å². The summed E-state index contributed by atoms with van der Waals surface area (Å²) in [5, 5.41) is 0. The minimum atomic E-state index is -0.829. The first-order chi connectivity index (χ1) is 20.1. The summed E-state index contributed by atoms with van der Waals surface area (Å²) in [6, 6.07) is 21.3. The van der Waals surface area contributed by atoms with Crippen molar-refractivity contribution in [2.45, 2.75) is 13.0 Å². The van der Waals surface area contributed by atoms with Gasteiger partial charge < -0.3 is 18.9 Å². The number of fused-ring (bicyclic) bond motifs is 2. The van der Waals surface area contributed by atoms with Gasteiger partial charge in [-0.2, -0.15) is 0 Å². The number of esters is 1. The number of terminal acetylenes is 1. The molecule has 41 heavy (non-hydrogen) atoms. The fraction of sp³-hybridized carbons (Fsp3) is 0.156. The molecule has 3 heterocycles. The molecule has 0 bridgehead atoms. The van der Waals surface area contributed by atoms with E-state index in [4.69, 9.17) is 30.4 Å². The minimum absolute atomic E-state index is 0.0958. The van der Waals surface area contributed by atoms with E-state index in [2.05, 4.69) is 5.92 Å².